The van der Waals surface area contributed by atoms with Crippen molar-refractivity contribution in [1.29, 1.82) is 0 Å². The summed E-state index contributed by atoms with van der Waals surface area (Å²) < 4.78 is 4.56. The number of rotatable bonds is 3. The Balaban J connectivity index is 2.81. The highest BCUT2D eigenvalue weighted by atomic mass is 16.5. The highest BCUT2D eigenvalue weighted by molar-refractivity contribution is 5.92. The predicted molar refractivity (Wildman–Crippen MR) is 57.5 cm³/mol. The molecule has 0 amide bonds. The number of hydrogen-bond donors (Lipinski definition) is 0. The first-order chi connectivity index (χ1) is 7.13. The molecule has 1 aromatic carbocycles. The maximum Gasteiger partial charge on any atom is 0.337 e. The minimum absolute atomic E-state index is 0.00737. The van der Waals surface area contributed by atoms with Gasteiger partial charge in [0.25, 0.3) is 0 Å². The van der Waals surface area contributed by atoms with E-state index in [1.54, 1.807) is 30.3 Å². The van der Waals surface area contributed by atoms with Crippen molar-refractivity contribution in [3.8, 4) is 0 Å². The topological polar surface area (TPSA) is 43.4 Å². The third kappa shape index (κ3) is 3.38. The average molecular weight is 204 g/mol. The lowest BCUT2D eigenvalue weighted by atomic mass is 10.1. The maximum atomic E-state index is 11.1. The Bertz CT molecular complexity index is 388. The van der Waals surface area contributed by atoms with Crippen LogP contribution in [0.2, 0.25) is 0 Å². The molecule has 0 bridgehead atoms. The van der Waals surface area contributed by atoms with Crippen molar-refractivity contribution in [2.24, 2.45) is 0 Å². The summed E-state index contributed by atoms with van der Waals surface area (Å²) in [6.45, 7) is 1.49. The molecule has 0 aliphatic rings. The molecule has 0 unspecified atom stereocenters. The van der Waals surface area contributed by atoms with Gasteiger partial charge in [0.05, 0.1) is 12.7 Å². The summed E-state index contributed by atoms with van der Waals surface area (Å²) in [5.41, 5.74) is 1.37. The molecule has 3 nitrogen and oxygen atoms in total. The van der Waals surface area contributed by atoms with Crippen LogP contribution < -0.4 is 0 Å². The first-order valence-electron chi connectivity index (χ1n) is 4.50. The molecule has 0 aliphatic carbocycles. The van der Waals surface area contributed by atoms with Crippen molar-refractivity contribution in [3.63, 3.8) is 0 Å². The fraction of sp³-hybridized carbons (Fsp3) is 0.167. The molecule has 0 atom stereocenters. The van der Waals surface area contributed by atoms with Crippen LogP contribution in [0.25, 0.3) is 6.08 Å². The molecule has 1 rings (SSSR count). The van der Waals surface area contributed by atoms with Crippen molar-refractivity contribution in [1.82, 2.24) is 0 Å². The van der Waals surface area contributed by atoms with E-state index in [0.29, 0.717) is 5.56 Å². The zero-order valence-electron chi connectivity index (χ0n) is 8.69. The van der Waals surface area contributed by atoms with E-state index in [1.807, 2.05) is 0 Å². The van der Waals surface area contributed by atoms with Crippen LogP contribution in [-0.4, -0.2) is 18.9 Å². The maximum absolute atomic E-state index is 11.1. The molecule has 78 valence electrons. The van der Waals surface area contributed by atoms with Gasteiger partial charge in [-0.3, -0.25) is 4.79 Å². The van der Waals surface area contributed by atoms with E-state index in [4.69, 9.17) is 0 Å². The SMILES string of the molecule is COC(=O)c1ccc(/C=C/C(C)=O)cc1. The highest BCUT2D eigenvalue weighted by Gasteiger charge is 2.02. The molecule has 0 N–H and O–H groups in total. The van der Waals surface area contributed by atoms with Gasteiger partial charge in [0.2, 0.25) is 0 Å². The van der Waals surface area contributed by atoms with Crippen LogP contribution in [0.4, 0.5) is 0 Å². The quantitative estimate of drug-likeness (QED) is 0.559. The summed E-state index contributed by atoms with van der Waals surface area (Å²) in [7, 11) is 1.34. The lowest BCUT2D eigenvalue weighted by Crippen LogP contribution is -2.00. The van der Waals surface area contributed by atoms with Gasteiger partial charge in [-0.1, -0.05) is 18.2 Å². The highest BCUT2D eigenvalue weighted by Crippen LogP contribution is 2.07. The second-order valence-corrected chi connectivity index (χ2v) is 3.06. The molecule has 15 heavy (non-hydrogen) atoms. The van der Waals surface area contributed by atoms with Crippen molar-refractivity contribution in [2.75, 3.05) is 7.11 Å². The molecule has 1 aromatic rings. The Morgan fingerprint density at radius 3 is 2.27 bits per heavy atom. The zero-order valence-corrected chi connectivity index (χ0v) is 8.69. The summed E-state index contributed by atoms with van der Waals surface area (Å²) in [6, 6.07) is 6.83. The summed E-state index contributed by atoms with van der Waals surface area (Å²) >= 11 is 0. The van der Waals surface area contributed by atoms with Crippen molar-refractivity contribution < 1.29 is 14.3 Å². The number of hydrogen-bond acceptors (Lipinski definition) is 3. The zero-order chi connectivity index (χ0) is 11.3. The first kappa shape index (κ1) is 11.2. The fourth-order valence-electron chi connectivity index (χ4n) is 1.06. The van der Waals surface area contributed by atoms with E-state index >= 15 is 0 Å². The van der Waals surface area contributed by atoms with Crippen LogP contribution in [0.3, 0.4) is 0 Å². The molecule has 0 saturated carbocycles. The molecule has 0 fully saturated rings. The summed E-state index contributed by atoms with van der Waals surface area (Å²) in [6.07, 6.45) is 3.18. The molecular weight excluding hydrogens is 192 g/mol. The van der Waals surface area contributed by atoms with E-state index in [-0.39, 0.29) is 11.8 Å². The number of ether oxygens (including phenoxy) is 1. The Kier molecular flexibility index (Phi) is 3.80. The van der Waals surface area contributed by atoms with E-state index in [2.05, 4.69) is 4.74 Å². The van der Waals surface area contributed by atoms with Crippen LogP contribution in [0.15, 0.2) is 30.3 Å². The van der Waals surface area contributed by atoms with Crippen LogP contribution in [0.5, 0.6) is 0 Å². The smallest absolute Gasteiger partial charge is 0.337 e. The van der Waals surface area contributed by atoms with Gasteiger partial charge < -0.3 is 4.74 Å². The first-order valence-corrected chi connectivity index (χ1v) is 4.50. The summed E-state index contributed by atoms with van der Waals surface area (Å²) in [4.78, 5) is 21.8. The van der Waals surface area contributed by atoms with E-state index in [0.717, 1.165) is 5.56 Å². The third-order valence-corrected chi connectivity index (χ3v) is 1.84. The van der Waals surface area contributed by atoms with Crippen molar-refractivity contribution in [2.45, 2.75) is 6.92 Å². The lowest BCUT2D eigenvalue weighted by molar-refractivity contribution is -0.112. The second kappa shape index (κ2) is 5.10. The summed E-state index contributed by atoms with van der Waals surface area (Å²) in [5, 5.41) is 0. The Hall–Kier alpha value is -1.90. The average Bonchev–Trinajstić information content (AvgIpc) is 2.26. The van der Waals surface area contributed by atoms with Crippen LogP contribution in [0, 0.1) is 0 Å². The largest absolute Gasteiger partial charge is 0.465 e. The molecule has 0 spiro atoms. The van der Waals surface area contributed by atoms with E-state index in [9.17, 15) is 9.59 Å². The van der Waals surface area contributed by atoms with Gasteiger partial charge in [-0.25, -0.2) is 4.79 Å². The van der Waals surface area contributed by atoms with Gasteiger partial charge in [0.15, 0.2) is 5.78 Å². The molecule has 0 heterocycles. The summed E-state index contributed by atoms with van der Waals surface area (Å²) in [5.74, 6) is -0.371. The minimum atomic E-state index is -0.364. The minimum Gasteiger partial charge on any atom is -0.465 e. The van der Waals surface area contributed by atoms with Crippen molar-refractivity contribution in [3.05, 3.63) is 41.5 Å². The van der Waals surface area contributed by atoms with E-state index < -0.39 is 0 Å². The Morgan fingerprint density at radius 2 is 1.80 bits per heavy atom. The predicted octanol–water partition coefficient (Wildman–Crippen LogP) is 2.08. The molecule has 3 heteroatoms. The molecule has 0 aliphatic heterocycles. The van der Waals surface area contributed by atoms with Gasteiger partial charge in [0.1, 0.15) is 0 Å². The Morgan fingerprint density at radius 1 is 1.20 bits per heavy atom. The van der Waals surface area contributed by atoms with Gasteiger partial charge >= 0.3 is 5.97 Å². The van der Waals surface area contributed by atoms with Crippen LogP contribution >= 0.6 is 0 Å². The van der Waals surface area contributed by atoms with Crippen molar-refractivity contribution >= 4 is 17.8 Å². The normalized spacial score (nSPS) is 10.3. The monoisotopic (exact) mass is 204 g/mol. The van der Waals surface area contributed by atoms with Crippen LogP contribution in [-0.2, 0) is 9.53 Å². The molecule has 0 aromatic heterocycles. The van der Waals surface area contributed by atoms with Gasteiger partial charge in [0, 0.05) is 0 Å². The standard InChI is InChI=1S/C12H12O3/c1-9(13)3-4-10-5-7-11(8-6-10)12(14)15-2/h3-8H,1-2H3/b4-3+. The Labute approximate surface area is 88.4 Å². The number of methoxy groups -OCH3 is 1. The third-order valence-electron chi connectivity index (χ3n) is 1.84. The fourth-order valence-corrected chi connectivity index (χ4v) is 1.06. The van der Waals surface area contributed by atoms with Gasteiger partial charge in [-0.15, -0.1) is 0 Å². The van der Waals surface area contributed by atoms with Crippen LogP contribution in [0.1, 0.15) is 22.8 Å². The number of ketones is 1. The molecular formula is C12H12O3. The van der Waals surface area contributed by atoms with Gasteiger partial charge in [-0.05, 0) is 30.7 Å². The number of benzene rings is 1. The number of carbonyl (C=O) groups excluding carboxylic acids is 2. The molecule has 0 radical (unpaired) electrons. The number of esters is 1. The second-order valence-electron chi connectivity index (χ2n) is 3.06. The van der Waals surface area contributed by atoms with E-state index in [1.165, 1.54) is 20.1 Å². The number of allylic oxidation sites excluding steroid dienone is 1. The molecule has 0 saturated heterocycles. The lowest BCUT2D eigenvalue weighted by Gasteiger charge is -1.98. The van der Waals surface area contributed by atoms with Gasteiger partial charge in [-0.2, -0.15) is 0 Å². The number of carbonyl (C=O) groups is 2.